The van der Waals surface area contributed by atoms with Crippen LogP contribution in [0.25, 0.3) is 0 Å². The molecule has 0 spiro atoms. The summed E-state index contributed by atoms with van der Waals surface area (Å²) in [5.74, 6) is 0.496. The number of piperazine rings is 1. The van der Waals surface area contributed by atoms with E-state index < -0.39 is 0 Å². The van der Waals surface area contributed by atoms with E-state index in [1.165, 1.54) is 0 Å². The van der Waals surface area contributed by atoms with Gasteiger partial charge in [-0.1, -0.05) is 13.8 Å². The molecule has 2 rings (SSSR count). The highest BCUT2D eigenvalue weighted by Gasteiger charge is 2.47. The second kappa shape index (κ2) is 4.07. The normalized spacial score (nSPS) is 30.2. The monoisotopic (exact) mass is 224 g/mol. The van der Waals surface area contributed by atoms with Crippen LogP contribution in [0.3, 0.4) is 0 Å². The molecule has 2 saturated heterocycles. The molecule has 90 valence electrons. The number of likely N-dealkylation sites (N-methyl/N-ethyl adjacent to an activating group) is 1. The number of nitrogens with zero attached hydrogens (tertiary/aromatic N) is 2. The summed E-state index contributed by atoms with van der Waals surface area (Å²) in [5, 5.41) is 0. The van der Waals surface area contributed by atoms with Gasteiger partial charge in [0.05, 0.1) is 0 Å². The zero-order valence-electron chi connectivity index (χ0n) is 10.3. The predicted octanol–water partition coefficient (Wildman–Crippen LogP) is 0.864. The van der Waals surface area contributed by atoms with Crippen LogP contribution in [0.4, 0.5) is 0 Å². The van der Waals surface area contributed by atoms with Gasteiger partial charge in [0.2, 0.25) is 11.8 Å². The summed E-state index contributed by atoms with van der Waals surface area (Å²) >= 11 is 0. The molecule has 4 heteroatoms. The van der Waals surface area contributed by atoms with Crippen molar-refractivity contribution in [1.29, 1.82) is 0 Å². The molecule has 0 N–H and O–H groups in total. The van der Waals surface area contributed by atoms with E-state index in [0.29, 0.717) is 6.54 Å². The van der Waals surface area contributed by atoms with Crippen molar-refractivity contribution in [2.24, 2.45) is 5.92 Å². The summed E-state index contributed by atoms with van der Waals surface area (Å²) < 4.78 is 0. The molecule has 2 aliphatic heterocycles. The summed E-state index contributed by atoms with van der Waals surface area (Å²) in [4.78, 5) is 28.1. The fourth-order valence-corrected chi connectivity index (χ4v) is 2.92. The Balaban J connectivity index is 2.31. The number of hydrogen-bond donors (Lipinski definition) is 0. The Bertz CT molecular complexity index is 314. The van der Waals surface area contributed by atoms with Crippen LogP contribution < -0.4 is 0 Å². The summed E-state index contributed by atoms with van der Waals surface area (Å²) in [6, 6.07) is -0.408. The third-order valence-electron chi connectivity index (χ3n) is 3.66. The standard InChI is InChI=1S/C12H20N2O2/c1-4-13-10(8(2)3)12(16)14-7-5-6-9(14)11(13)15/h8-10H,4-7H2,1-3H3. The maximum absolute atomic E-state index is 12.3. The van der Waals surface area contributed by atoms with Crippen molar-refractivity contribution in [1.82, 2.24) is 9.80 Å². The number of fused-ring (bicyclic) bond motifs is 1. The fourth-order valence-electron chi connectivity index (χ4n) is 2.92. The largest absolute Gasteiger partial charge is 0.329 e. The van der Waals surface area contributed by atoms with Crippen molar-refractivity contribution in [2.75, 3.05) is 13.1 Å². The van der Waals surface area contributed by atoms with Crippen molar-refractivity contribution >= 4 is 11.8 Å². The van der Waals surface area contributed by atoms with Crippen molar-refractivity contribution < 1.29 is 9.59 Å². The molecule has 2 unspecified atom stereocenters. The van der Waals surface area contributed by atoms with Crippen molar-refractivity contribution in [3.05, 3.63) is 0 Å². The van der Waals surface area contributed by atoms with E-state index in [9.17, 15) is 9.59 Å². The highest BCUT2D eigenvalue weighted by atomic mass is 16.2. The second-order valence-electron chi connectivity index (χ2n) is 5.00. The van der Waals surface area contributed by atoms with Crippen molar-refractivity contribution in [3.63, 3.8) is 0 Å². The second-order valence-corrected chi connectivity index (χ2v) is 5.00. The molecule has 2 heterocycles. The highest BCUT2D eigenvalue weighted by Crippen LogP contribution is 2.29. The van der Waals surface area contributed by atoms with Gasteiger partial charge >= 0.3 is 0 Å². The van der Waals surface area contributed by atoms with E-state index in [4.69, 9.17) is 0 Å². The van der Waals surface area contributed by atoms with Crippen LogP contribution in [-0.4, -0.2) is 46.8 Å². The maximum atomic E-state index is 12.3. The molecule has 0 bridgehead atoms. The Labute approximate surface area is 96.6 Å². The van der Waals surface area contributed by atoms with E-state index in [1.54, 1.807) is 9.80 Å². The number of amides is 2. The van der Waals surface area contributed by atoms with Crippen LogP contribution in [0.15, 0.2) is 0 Å². The molecule has 0 aromatic carbocycles. The van der Waals surface area contributed by atoms with Gasteiger partial charge in [0.25, 0.3) is 0 Å². The van der Waals surface area contributed by atoms with Gasteiger partial charge in [-0.2, -0.15) is 0 Å². The molecule has 0 aromatic heterocycles. The predicted molar refractivity (Wildman–Crippen MR) is 60.7 cm³/mol. The minimum Gasteiger partial charge on any atom is -0.329 e. The number of carbonyl (C=O) groups is 2. The first kappa shape index (κ1) is 11.4. The van der Waals surface area contributed by atoms with Crippen molar-refractivity contribution in [2.45, 2.75) is 45.7 Å². The Morgan fingerprint density at radius 1 is 1.31 bits per heavy atom. The zero-order valence-corrected chi connectivity index (χ0v) is 10.3. The summed E-state index contributed by atoms with van der Waals surface area (Å²) in [5.41, 5.74) is 0. The first-order valence-corrected chi connectivity index (χ1v) is 6.19. The average molecular weight is 224 g/mol. The molecule has 4 nitrogen and oxygen atoms in total. The van der Waals surface area contributed by atoms with E-state index >= 15 is 0 Å². The van der Waals surface area contributed by atoms with Crippen LogP contribution >= 0.6 is 0 Å². The third-order valence-corrected chi connectivity index (χ3v) is 3.66. The average Bonchev–Trinajstić information content (AvgIpc) is 2.71. The lowest BCUT2D eigenvalue weighted by Crippen LogP contribution is -2.64. The van der Waals surface area contributed by atoms with Gasteiger partial charge in [-0.05, 0) is 25.7 Å². The van der Waals surface area contributed by atoms with E-state index in [2.05, 4.69) is 0 Å². The molecule has 0 aliphatic carbocycles. The molecule has 0 radical (unpaired) electrons. The minimum absolute atomic E-state index is 0.151. The summed E-state index contributed by atoms with van der Waals surface area (Å²) in [6.45, 7) is 7.36. The molecular formula is C12H20N2O2. The van der Waals surface area contributed by atoms with Crippen LogP contribution in [0.5, 0.6) is 0 Å². The lowest BCUT2D eigenvalue weighted by molar-refractivity contribution is -0.161. The number of hydrogen-bond acceptors (Lipinski definition) is 2. The lowest BCUT2D eigenvalue weighted by atomic mass is 9.96. The van der Waals surface area contributed by atoms with Gasteiger partial charge in [0, 0.05) is 13.1 Å². The smallest absolute Gasteiger partial charge is 0.246 e. The van der Waals surface area contributed by atoms with Gasteiger partial charge in [-0.15, -0.1) is 0 Å². The molecular weight excluding hydrogens is 204 g/mol. The topological polar surface area (TPSA) is 40.6 Å². The first-order chi connectivity index (χ1) is 7.57. The number of carbonyl (C=O) groups excluding carboxylic acids is 2. The molecule has 2 atom stereocenters. The first-order valence-electron chi connectivity index (χ1n) is 6.19. The van der Waals surface area contributed by atoms with Gasteiger partial charge in [-0.3, -0.25) is 9.59 Å². The van der Waals surface area contributed by atoms with Crippen LogP contribution in [0.2, 0.25) is 0 Å². The van der Waals surface area contributed by atoms with Gasteiger partial charge in [-0.25, -0.2) is 0 Å². The van der Waals surface area contributed by atoms with Crippen LogP contribution in [-0.2, 0) is 9.59 Å². The quantitative estimate of drug-likeness (QED) is 0.698. The third kappa shape index (κ3) is 1.51. The Hall–Kier alpha value is -1.06. The fraction of sp³-hybridized carbons (Fsp3) is 0.833. The highest BCUT2D eigenvalue weighted by molar-refractivity contribution is 5.97. The minimum atomic E-state index is -0.244. The Kier molecular flexibility index (Phi) is 2.91. The van der Waals surface area contributed by atoms with E-state index in [1.807, 2.05) is 20.8 Å². The van der Waals surface area contributed by atoms with Crippen LogP contribution in [0.1, 0.15) is 33.6 Å². The van der Waals surface area contributed by atoms with Gasteiger partial charge < -0.3 is 9.80 Å². The van der Waals surface area contributed by atoms with Crippen molar-refractivity contribution in [3.8, 4) is 0 Å². The van der Waals surface area contributed by atoms with E-state index in [0.717, 1.165) is 19.4 Å². The molecule has 2 fully saturated rings. The van der Waals surface area contributed by atoms with Gasteiger partial charge in [0.15, 0.2) is 0 Å². The van der Waals surface area contributed by atoms with Crippen LogP contribution in [0, 0.1) is 5.92 Å². The number of rotatable bonds is 2. The zero-order chi connectivity index (χ0) is 11.9. The maximum Gasteiger partial charge on any atom is 0.246 e. The lowest BCUT2D eigenvalue weighted by Gasteiger charge is -2.43. The summed E-state index contributed by atoms with van der Waals surface area (Å²) in [7, 11) is 0. The molecule has 16 heavy (non-hydrogen) atoms. The molecule has 2 aliphatic rings. The Morgan fingerprint density at radius 2 is 2.00 bits per heavy atom. The molecule has 0 aromatic rings. The van der Waals surface area contributed by atoms with Gasteiger partial charge in [0.1, 0.15) is 12.1 Å². The summed E-state index contributed by atoms with van der Waals surface area (Å²) in [6.07, 6.45) is 1.80. The molecule has 0 saturated carbocycles. The van der Waals surface area contributed by atoms with E-state index in [-0.39, 0.29) is 29.8 Å². The Morgan fingerprint density at radius 3 is 2.56 bits per heavy atom. The SMILES string of the molecule is CCN1C(=O)C2CCCN2C(=O)C1C(C)C. The molecule has 2 amide bonds.